The van der Waals surface area contributed by atoms with Crippen molar-refractivity contribution in [2.45, 2.75) is 31.7 Å². The number of rotatable bonds is 4. The molecule has 0 spiro atoms. The topological polar surface area (TPSA) is 70.2 Å². The molecule has 7 nitrogen and oxygen atoms in total. The fraction of sp³-hybridized carbons (Fsp3) is 0.571. The summed E-state index contributed by atoms with van der Waals surface area (Å²) >= 11 is 6.07. The molecule has 2 aliphatic rings. The van der Waals surface area contributed by atoms with E-state index in [0.717, 1.165) is 6.42 Å². The lowest BCUT2D eigenvalue weighted by Crippen LogP contribution is -2.51. The third-order valence-electron chi connectivity index (χ3n) is 5.79. The Morgan fingerprint density at radius 3 is 2.41 bits per heavy atom. The third-order valence-corrected chi connectivity index (χ3v) is 6.02. The average Bonchev–Trinajstić information content (AvgIpc) is 3.22. The van der Waals surface area contributed by atoms with Gasteiger partial charge in [0.2, 0.25) is 11.8 Å². The van der Waals surface area contributed by atoms with E-state index >= 15 is 0 Å². The number of methoxy groups -OCH3 is 1. The van der Waals surface area contributed by atoms with Gasteiger partial charge in [0, 0.05) is 44.7 Å². The number of carbonyl (C=O) groups is 3. The second kappa shape index (κ2) is 9.03. The van der Waals surface area contributed by atoms with Crippen molar-refractivity contribution in [2.75, 3.05) is 40.8 Å². The van der Waals surface area contributed by atoms with Gasteiger partial charge in [-0.1, -0.05) is 11.6 Å². The van der Waals surface area contributed by atoms with Gasteiger partial charge in [-0.2, -0.15) is 0 Å². The van der Waals surface area contributed by atoms with Crippen LogP contribution in [0.25, 0.3) is 0 Å². The zero-order chi connectivity index (χ0) is 21.1. The molecule has 1 aromatic rings. The summed E-state index contributed by atoms with van der Waals surface area (Å²) < 4.78 is 5.31. The Labute approximate surface area is 176 Å². The molecule has 1 atom stereocenters. The molecule has 29 heavy (non-hydrogen) atoms. The maximum Gasteiger partial charge on any atom is 0.258 e. The highest BCUT2D eigenvalue weighted by Gasteiger charge is 2.39. The molecule has 0 aliphatic carbocycles. The van der Waals surface area contributed by atoms with Crippen molar-refractivity contribution in [1.82, 2.24) is 14.7 Å². The van der Waals surface area contributed by atoms with Crippen LogP contribution in [-0.2, 0) is 9.59 Å². The van der Waals surface area contributed by atoms with Crippen molar-refractivity contribution >= 4 is 29.3 Å². The summed E-state index contributed by atoms with van der Waals surface area (Å²) in [6, 6.07) is 4.44. The van der Waals surface area contributed by atoms with Crippen LogP contribution in [0.3, 0.4) is 0 Å². The Balaban J connectivity index is 1.70. The second-order valence-electron chi connectivity index (χ2n) is 7.83. The van der Waals surface area contributed by atoms with E-state index in [4.69, 9.17) is 16.3 Å². The van der Waals surface area contributed by atoms with E-state index in [0.29, 0.717) is 55.2 Å². The van der Waals surface area contributed by atoms with Crippen LogP contribution in [0.1, 0.15) is 36.0 Å². The van der Waals surface area contributed by atoms with Crippen molar-refractivity contribution in [3.05, 3.63) is 28.8 Å². The standard InChI is InChI=1S/C21H28ClN3O4/c1-23(2)19(26)14-8-11-24(12-9-14)21(28)17-5-4-10-25(17)20(27)16-13-15(22)6-7-18(16)29-3/h6-7,13-14,17H,4-5,8-12H2,1-3H3. The summed E-state index contributed by atoms with van der Waals surface area (Å²) in [6.07, 6.45) is 2.74. The highest BCUT2D eigenvalue weighted by atomic mass is 35.5. The molecule has 2 fully saturated rings. The smallest absolute Gasteiger partial charge is 0.258 e. The Kier molecular flexibility index (Phi) is 6.67. The lowest BCUT2D eigenvalue weighted by atomic mass is 9.95. The van der Waals surface area contributed by atoms with E-state index < -0.39 is 6.04 Å². The number of benzene rings is 1. The van der Waals surface area contributed by atoms with Gasteiger partial charge in [-0.05, 0) is 43.9 Å². The van der Waals surface area contributed by atoms with Gasteiger partial charge >= 0.3 is 0 Å². The van der Waals surface area contributed by atoms with Gasteiger partial charge in [0.1, 0.15) is 11.8 Å². The number of piperidine rings is 1. The van der Waals surface area contributed by atoms with Crippen LogP contribution in [0.5, 0.6) is 5.75 Å². The number of hydrogen-bond acceptors (Lipinski definition) is 4. The lowest BCUT2D eigenvalue weighted by molar-refractivity contribution is -0.141. The first-order valence-electron chi connectivity index (χ1n) is 9.98. The van der Waals surface area contributed by atoms with Crippen molar-refractivity contribution in [2.24, 2.45) is 5.92 Å². The molecule has 2 heterocycles. The minimum Gasteiger partial charge on any atom is -0.496 e. The highest BCUT2D eigenvalue weighted by Crippen LogP contribution is 2.29. The van der Waals surface area contributed by atoms with E-state index in [1.165, 1.54) is 7.11 Å². The van der Waals surface area contributed by atoms with Gasteiger partial charge < -0.3 is 19.4 Å². The van der Waals surface area contributed by atoms with Crippen molar-refractivity contribution in [3.8, 4) is 5.75 Å². The van der Waals surface area contributed by atoms with E-state index in [9.17, 15) is 14.4 Å². The molecule has 0 bridgehead atoms. The highest BCUT2D eigenvalue weighted by molar-refractivity contribution is 6.31. The number of hydrogen-bond donors (Lipinski definition) is 0. The second-order valence-corrected chi connectivity index (χ2v) is 8.27. The first-order chi connectivity index (χ1) is 13.8. The van der Waals surface area contributed by atoms with E-state index in [1.54, 1.807) is 47.0 Å². The van der Waals surface area contributed by atoms with Crippen molar-refractivity contribution in [1.29, 1.82) is 0 Å². The zero-order valence-corrected chi connectivity index (χ0v) is 17.9. The fourth-order valence-corrected chi connectivity index (χ4v) is 4.36. The predicted molar refractivity (Wildman–Crippen MR) is 110 cm³/mol. The van der Waals surface area contributed by atoms with Gasteiger partial charge in [0.15, 0.2) is 0 Å². The van der Waals surface area contributed by atoms with E-state index in [2.05, 4.69) is 0 Å². The molecule has 0 N–H and O–H groups in total. The van der Waals surface area contributed by atoms with Crippen LogP contribution < -0.4 is 4.74 Å². The van der Waals surface area contributed by atoms with Crippen LogP contribution >= 0.6 is 11.6 Å². The summed E-state index contributed by atoms with van der Waals surface area (Å²) in [4.78, 5) is 43.5. The van der Waals surface area contributed by atoms with Crippen LogP contribution in [0.15, 0.2) is 18.2 Å². The molecular formula is C21H28ClN3O4. The first kappa shape index (κ1) is 21.4. The number of carbonyl (C=O) groups excluding carboxylic acids is 3. The van der Waals surface area contributed by atoms with Crippen molar-refractivity contribution < 1.29 is 19.1 Å². The molecule has 0 aromatic heterocycles. The van der Waals surface area contributed by atoms with Crippen LogP contribution in [-0.4, -0.2) is 79.3 Å². The molecular weight excluding hydrogens is 394 g/mol. The normalized spacial score (nSPS) is 19.9. The molecule has 0 saturated carbocycles. The molecule has 0 radical (unpaired) electrons. The Morgan fingerprint density at radius 1 is 1.10 bits per heavy atom. The fourth-order valence-electron chi connectivity index (χ4n) is 4.19. The van der Waals surface area contributed by atoms with Gasteiger partial charge in [0.25, 0.3) is 5.91 Å². The Bertz CT molecular complexity index is 790. The molecule has 3 rings (SSSR count). The number of likely N-dealkylation sites (tertiary alicyclic amines) is 2. The number of halogens is 1. The quantitative estimate of drug-likeness (QED) is 0.747. The summed E-state index contributed by atoms with van der Waals surface area (Å²) in [5.41, 5.74) is 0.370. The lowest BCUT2D eigenvalue weighted by Gasteiger charge is -2.35. The van der Waals surface area contributed by atoms with Gasteiger partial charge in [-0.3, -0.25) is 14.4 Å². The maximum absolute atomic E-state index is 13.2. The average molecular weight is 422 g/mol. The first-order valence-corrected chi connectivity index (χ1v) is 10.4. The molecule has 8 heteroatoms. The van der Waals surface area contributed by atoms with E-state index in [-0.39, 0.29) is 23.6 Å². The minimum absolute atomic E-state index is 0.0346. The van der Waals surface area contributed by atoms with Crippen molar-refractivity contribution in [3.63, 3.8) is 0 Å². The monoisotopic (exact) mass is 421 g/mol. The zero-order valence-electron chi connectivity index (χ0n) is 17.2. The summed E-state index contributed by atoms with van der Waals surface area (Å²) in [5.74, 6) is 0.250. The number of amides is 3. The van der Waals surface area contributed by atoms with Gasteiger partial charge in [0.05, 0.1) is 12.7 Å². The molecule has 2 saturated heterocycles. The largest absolute Gasteiger partial charge is 0.496 e. The summed E-state index contributed by atoms with van der Waals surface area (Å²) in [5, 5.41) is 0.448. The maximum atomic E-state index is 13.2. The predicted octanol–water partition coefficient (Wildman–Crippen LogP) is 2.28. The molecule has 2 aliphatic heterocycles. The Hall–Kier alpha value is -2.28. The molecule has 3 amide bonds. The molecule has 1 unspecified atom stereocenters. The summed E-state index contributed by atoms with van der Waals surface area (Å²) in [7, 11) is 5.02. The van der Waals surface area contributed by atoms with E-state index in [1.807, 2.05) is 0 Å². The van der Waals surface area contributed by atoms with Crippen LogP contribution in [0, 0.1) is 5.92 Å². The minimum atomic E-state index is -0.479. The van der Waals surface area contributed by atoms with Gasteiger partial charge in [-0.25, -0.2) is 0 Å². The molecule has 158 valence electrons. The number of ether oxygens (including phenoxy) is 1. The molecule has 1 aromatic carbocycles. The third kappa shape index (κ3) is 4.50. The SMILES string of the molecule is COc1ccc(Cl)cc1C(=O)N1CCCC1C(=O)N1CCC(C(=O)N(C)C)CC1. The Morgan fingerprint density at radius 2 is 1.79 bits per heavy atom. The van der Waals surface area contributed by atoms with Crippen LogP contribution in [0.2, 0.25) is 5.02 Å². The van der Waals surface area contributed by atoms with Crippen LogP contribution in [0.4, 0.5) is 0 Å². The van der Waals surface area contributed by atoms with Gasteiger partial charge in [-0.15, -0.1) is 0 Å². The number of nitrogens with zero attached hydrogens (tertiary/aromatic N) is 3. The summed E-state index contributed by atoms with van der Waals surface area (Å²) in [6.45, 7) is 1.62.